The van der Waals surface area contributed by atoms with Gasteiger partial charge in [-0.15, -0.1) is 0 Å². The molecule has 2 fully saturated rings. The Bertz CT molecular complexity index is 899. The summed E-state index contributed by atoms with van der Waals surface area (Å²) < 4.78 is 0. The third-order valence-corrected chi connectivity index (χ3v) is 5.35. The van der Waals surface area contributed by atoms with Crippen molar-refractivity contribution in [2.45, 2.75) is 6.42 Å². The maximum atomic E-state index is 12.9. The summed E-state index contributed by atoms with van der Waals surface area (Å²) in [5.41, 5.74) is 1.29. The first kappa shape index (κ1) is 18.0. The molecule has 28 heavy (non-hydrogen) atoms. The van der Waals surface area contributed by atoms with E-state index in [9.17, 15) is 9.59 Å². The number of carbonyl (C=O) groups is 2. The van der Waals surface area contributed by atoms with Gasteiger partial charge in [0, 0.05) is 51.0 Å². The van der Waals surface area contributed by atoms with Gasteiger partial charge in [0.05, 0.1) is 17.6 Å². The Kier molecular flexibility index (Phi) is 4.94. The maximum Gasteiger partial charge on any atom is 0.228 e. The van der Waals surface area contributed by atoms with Crippen molar-refractivity contribution in [1.82, 2.24) is 9.88 Å². The number of pyridine rings is 1. The van der Waals surface area contributed by atoms with Gasteiger partial charge in [-0.25, -0.2) is 4.98 Å². The fourth-order valence-electron chi connectivity index (χ4n) is 3.79. The van der Waals surface area contributed by atoms with E-state index in [0.717, 1.165) is 24.6 Å². The molecule has 2 saturated heterocycles. The third kappa shape index (κ3) is 3.54. The molecule has 1 unspecified atom stereocenters. The summed E-state index contributed by atoms with van der Waals surface area (Å²) >= 11 is 0. The zero-order chi connectivity index (χ0) is 19.5. The fourth-order valence-corrected chi connectivity index (χ4v) is 3.79. The molecule has 0 saturated carbocycles. The Morgan fingerprint density at radius 1 is 1.07 bits per heavy atom. The molecule has 1 atom stereocenters. The molecular formula is C21H21N5O2. The van der Waals surface area contributed by atoms with Crippen LogP contribution in [-0.2, 0) is 9.59 Å². The van der Waals surface area contributed by atoms with Gasteiger partial charge in [0.2, 0.25) is 11.8 Å². The van der Waals surface area contributed by atoms with E-state index in [1.165, 1.54) is 0 Å². The highest BCUT2D eigenvalue weighted by Gasteiger charge is 2.38. The van der Waals surface area contributed by atoms with Crippen molar-refractivity contribution in [2.24, 2.45) is 5.92 Å². The van der Waals surface area contributed by atoms with Crippen molar-refractivity contribution in [3.63, 3.8) is 0 Å². The third-order valence-electron chi connectivity index (χ3n) is 5.35. The van der Waals surface area contributed by atoms with Gasteiger partial charge in [-0.2, -0.15) is 5.26 Å². The number of nitrogens with zero attached hydrogens (tertiary/aromatic N) is 5. The van der Waals surface area contributed by atoms with Crippen molar-refractivity contribution in [2.75, 3.05) is 42.5 Å². The molecule has 2 amide bonds. The number of nitriles is 1. The monoisotopic (exact) mass is 375 g/mol. The summed E-state index contributed by atoms with van der Waals surface area (Å²) in [5.74, 6) is 0.613. The van der Waals surface area contributed by atoms with Crippen LogP contribution in [0.2, 0.25) is 0 Å². The molecule has 2 aromatic rings. The summed E-state index contributed by atoms with van der Waals surface area (Å²) in [5, 5.41) is 8.91. The second kappa shape index (κ2) is 7.69. The van der Waals surface area contributed by atoms with E-state index < -0.39 is 0 Å². The van der Waals surface area contributed by atoms with Crippen molar-refractivity contribution in [3.05, 3.63) is 54.2 Å². The molecule has 0 bridgehead atoms. The number of benzene rings is 1. The minimum Gasteiger partial charge on any atom is -0.353 e. The van der Waals surface area contributed by atoms with E-state index in [0.29, 0.717) is 25.2 Å². The topological polar surface area (TPSA) is 80.5 Å². The van der Waals surface area contributed by atoms with Gasteiger partial charge in [-0.05, 0) is 36.4 Å². The van der Waals surface area contributed by atoms with E-state index in [-0.39, 0.29) is 24.2 Å². The van der Waals surface area contributed by atoms with Gasteiger partial charge in [0.15, 0.2) is 0 Å². The van der Waals surface area contributed by atoms with Gasteiger partial charge in [-0.1, -0.05) is 6.07 Å². The molecule has 1 aromatic heterocycles. The van der Waals surface area contributed by atoms with Gasteiger partial charge >= 0.3 is 0 Å². The molecule has 4 rings (SSSR count). The number of piperazine rings is 1. The summed E-state index contributed by atoms with van der Waals surface area (Å²) in [6, 6.07) is 14.8. The Balaban J connectivity index is 1.37. The second-order valence-corrected chi connectivity index (χ2v) is 7.06. The van der Waals surface area contributed by atoms with Crippen LogP contribution < -0.4 is 9.80 Å². The number of carbonyl (C=O) groups excluding carboxylic acids is 2. The standard InChI is InChI=1S/C21H21N5O2/c22-14-16-4-6-18(7-5-16)26-15-17(13-20(26)27)21(28)25-11-9-24(10-12-25)19-3-1-2-8-23-19/h1-8,17H,9-13,15H2. The van der Waals surface area contributed by atoms with E-state index >= 15 is 0 Å². The summed E-state index contributed by atoms with van der Waals surface area (Å²) in [6.45, 7) is 3.14. The molecule has 0 aliphatic carbocycles. The SMILES string of the molecule is N#Cc1ccc(N2CC(C(=O)N3CCN(c4ccccn4)CC3)CC2=O)cc1. The highest BCUT2D eigenvalue weighted by Crippen LogP contribution is 2.27. The van der Waals surface area contributed by atoms with Crippen LogP contribution in [0, 0.1) is 17.2 Å². The molecule has 2 aliphatic heterocycles. The van der Waals surface area contributed by atoms with Crippen LogP contribution in [0.5, 0.6) is 0 Å². The second-order valence-electron chi connectivity index (χ2n) is 7.06. The minimum absolute atomic E-state index is 0.0461. The van der Waals surface area contributed by atoms with Gasteiger partial charge in [0.25, 0.3) is 0 Å². The Labute approximate surface area is 163 Å². The zero-order valence-corrected chi connectivity index (χ0v) is 15.5. The van der Waals surface area contributed by atoms with Crippen LogP contribution in [0.25, 0.3) is 0 Å². The molecule has 0 radical (unpaired) electrons. The number of amides is 2. The molecule has 1 aromatic carbocycles. The molecule has 0 spiro atoms. The summed E-state index contributed by atoms with van der Waals surface area (Å²) in [7, 11) is 0. The van der Waals surface area contributed by atoms with Crippen LogP contribution >= 0.6 is 0 Å². The lowest BCUT2D eigenvalue weighted by Gasteiger charge is -2.36. The average molecular weight is 375 g/mol. The smallest absolute Gasteiger partial charge is 0.228 e. The largest absolute Gasteiger partial charge is 0.353 e. The zero-order valence-electron chi connectivity index (χ0n) is 15.5. The quantitative estimate of drug-likeness (QED) is 0.815. The predicted octanol–water partition coefficient (Wildman–Crippen LogP) is 1.65. The first-order valence-corrected chi connectivity index (χ1v) is 9.41. The van der Waals surface area contributed by atoms with Crippen molar-refractivity contribution < 1.29 is 9.59 Å². The molecule has 2 aliphatic rings. The highest BCUT2D eigenvalue weighted by molar-refractivity contribution is 6.00. The van der Waals surface area contributed by atoms with Crippen LogP contribution in [0.1, 0.15) is 12.0 Å². The fraction of sp³-hybridized carbons (Fsp3) is 0.333. The average Bonchev–Trinajstić information content (AvgIpc) is 3.15. The Morgan fingerprint density at radius 3 is 2.46 bits per heavy atom. The van der Waals surface area contributed by atoms with Crippen molar-refractivity contribution >= 4 is 23.3 Å². The molecule has 142 valence electrons. The lowest BCUT2D eigenvalue weighted by Crippen LogP contribution is -2.51. The summed E-state index contributed by atoms with van der Waals surface area (Å²) in [4.78, 5) is 35.4. The molecule has 0 N–H and O–H groups in total. The normalized spacial score (nSPS) is 19.6. The first-order valence-electron chi connectivity index (χ1n) is 9.41. The first-order chi connectivity index (χ1) is 13.7. The molecular weight excluding hydrogens is 354 g/mol. The number of hydrogen-bond acceptors (Lipinski definition) is 5. The van der Waals surface area contributed by atoms with E-state index in [1.54, 1.807) is 35.4 Å². The van der Waals surface area contributed by atoms with Crippen molar-refractivity contribution in [1.29, 1.82) is 5.26 Å². The number of aromatic nitrogens is 1. The Hall–Kier alpha value is -3.40. The minimum atomic E-state index is -0.315. The lowest BCUT2D eigenvalue weighted by molar-refractivity contribution is -0.136. The van der Waals surface area contributed by atoms with E-state index in [4.69, 9.17) is 5.26 Å². The summed E-state index contributed by atoms with van der Waals surface area (Å²) in [6.07, 6.45) is 2.01. The number of rotatable bonds is 3. The van der Waals surface area contributed by atoms with Crippen LogP contribution in [-0.4, -0.2) is 54.4 Å². The van der Waals surface area contributed by atoms with E-state index in [2.05, 4.69) is 16.0 Å². The van der Waals surface area contributed by atoms with E-state index in [1.807, 2.05) is 23.1 Å². The van der Waals surface area contributed by atoms with Crippen LogP contribution in [0.4, 0.5) is 11.5 Å². The molecule has 3 heterocycles. The molecule has 7 heteroatoms. The number of anilines is 2. The van der Waals surface area contributed by atoms with Crippen LogP contribution in [0.3, 0.4) is 0 Å². The maximum absolute atomic E-state index is 12.9. The lowest BCUT2D eigenvalue weighted by atomic mass is 10.1. The Morgan fingerprint density at radius 2 is 1.82 bits per heavy atom. The van der Waals surface area contributed by atoms with Gasteiger partial charge in [-0.3, -0.25) is 9.59 Å². The number of hydrogen-bond donors (Lipinski definition) is 0. The van der Waals surface area contributed by atoms with Gasteiger partial charge in [0.1, 0.15) is 5.82 Å². The molecule has 7 nitrogen and oxygen atoms in total. The highest BCUT2D eigenvalue weighted by atomic mass is 16.2. The predicted molar refractivity (Wildman–Crippen MR) is 105 cm³/mol. The van der Waals surface area contributed by atoms with Crippen molar-refractivity contribution in [3.8, 4) is 6.07 Å². The van der Waals surface area contributed by atoms with Gasteiger partial charge < -0.3 is 14.7 Å². The van der Waals surface area contributed by atoms with Crippen LogP contribution in [0.15, 0.2) is 48.7 Å².